The molecule has 0 unspecified atom stereocenters. The Hall–Kier alpha value is -1.29. The average molecular weight is 223 g/mol. The van der Waals surface area contributed by atoms with Gasteiger partial charge < -0.3 is 15.7 Å². The van der Waals surface area contributed by atoms with Gasteiger partial charge in [-0.3, -0.25) is 0 Å². The highest BCUT2D eigenvalue weighted by Crippen LogP contribution is 2.20. The van der Waals surface area contributed by atoms with Crippen LogP contribution in [0.2, 0.25) is 0 Å². The summed E-state index contributed by atoms with van der Waals surface area (Å²) in [6.07, 6.45) is 2.20. The molecule has 0 aliphatic heterocycles. The molecule has 0 bridgehead atoms. The first kappa shape index (κ1) is 12.8. The second kappa shape index (κ2) is 6.33. The van der Waals surface area contributed by atoms with Crippen LogP contribution in [-0.4, -0.2) is 29.8 Å². The number of unbranched alkanes of at least 4 members (excludes halogenated alkanes) is 1. The molecule has 1 rings (SSSR count). The van der Waals surface area contributed by atoms with Crippen LogP contribution in [0, 0.1) is 6.92 Å². The van der Waals surface area contributed by atoms with Gasteiger partial charge in [-0.05, 0) is 25.5 Å². The van der Waals surface area contributed by atoms with Crippen molar-refractivity contribution in [2.45, 2.75) is 26.7 Å². The fourth-order valence-electron chi connectivity index (χ4n) is 1.60. The number of aliphatic hydroxyl groups is 1. The summed E-state index contributed by atoms with van der Waals surface area (Å²) in [5, 5.41) is 9.05. The number of aliphatic hydroxyl groups excluding tert-OH is 1. The normalized spacial score (nSPS) is 10.4. The molecule has 0 spiro atoms. The van der Waals surface area contributed by atoms with Gasteiger partial charge in [0, 0.05) is 18.8 Å². The molecule has 90 valence electrons. The second-order valence-electron chi connectivity index (χ2n) is 3.93. The van der Waals surface area contributed by atoms with E-state index in [1.807, 2.05) is 24.0 Å². The summed E-state index contributed by atoms with van der Waals surface area (Å²) in [6.45, 7) is 5.68. The lowest BCUT2D eigenvalue weighted by molar-refractivity contribution is 0.301. The highest BCUT2D eigenvalue weighted by Gasteiger charge is 2.10. The van der Waals surface area contributed by atoms with E-state index in [9.17, 15) is 0 Å². The van der Waals surface area contributed by atoms with Gasteiger partial charge in [0.1, 0.15) is 0 Å². The van der Waals surface area contributed by atoms with Gasteiger partial charge in [0.2, 0.25) is 0 Å². The first-order valence-corrected chi connectivity index (χ1v) is 5.78. The molecule has 4 heteroatoms. The van der Waals surface area contributed by atoms with E-state index in [4.69, 9.17) is 10.8 Å². The van der Waals surface area contributed by atoms with Gasteiger partial charge >= 0.3 is 0 Å². The lowest BCUT2D eigenvalue weighted by Gasteiger charge is -2.24. The number of hydrogen-bond donors (Lipinski definition) is 2. The minimum Gasteiger partial charge on any atom is -0.396 e. The van der Waals surface area contributed by atoms with Crippen molar-refractivity contribution >= 4 is 11.5 Å². The average Bonchev–Trinajstić information content (AvgIpc) is 2.28. The third-order valence-corrected chi connectivity index (χ3v) is 2.50. The Morgan fingerprint density at radius 1 is 1.38 bits per heavy atom. The standard InChI is InChI=1S/C12H21N3O/c1-3-4-7-15(8-9-16)12-11(13)6-5-10(2)14-12/h5-6,16H,3-4,7-9,13H2,1-2H3. The van der Waals surface area contributed by atoms with Crippen LogP contribution >= 0.6 is 0 Å². The molecule has 0 aliphatic carbocycles. The lowest BCUT2D eigenvalue weighted by atomic mass is 10.2. The summed E-state index contributed by atoms with van der Waals surface area (Å²) >= 11 is 0. The quantitative estimate of drug-likeness (QED) is 0.768. The number of hydrogen-bond acceptors (Lipinski definition) is 4. The molecular weight excluding hydrogens is 202 g/mol. The molecule has 1 aromatic heterocycles. The van der Waals surface area contributed by atoms with E-state index < -0.39 is 0 Å². The van der Waals surface area contributed by atoms with Gasteiger partial charge in [-0.25, -0.2) is 4.98 Å². The molecule has 0 radical (unpaired) electrons. The van der Waals surface area contributed by atoms with E-state index in [2.05, 4.69) is 11.9 Å². The van der Waals surface area contributed by atoms with Crippen molar-refractivity contribution in [2.24, 2.45) is 0 Å². The number of nitrogens with two attached hydrogens (primary N) is 1. The minimum absolute atomic E-state index is 0.124. The van der Waals surface area contributed by atoms with Crippen LogP contribution in [0.5, 0.6) is 0 Å². The van der Waals surface area contributed by atoms with Crippen molar-refractivity contribution in [3.8, 4) is 0 Å². The largest absolute Gasteiger partial charge is 0.396 e. The van der Waals surface area contributed by atoms with Gasteiger partial charge in [0.25, 0.3) is 0 Å². The van der Waals surface area contributed by atoms with Crippen LogP contribution in [0.4, 0.5) is 11.5 Å². The van der Waals surface area contributed by atoms with E-state index >= 15 is 0 Å². The van der Waals surface area contributed by atoms with E-state index in [1.165, 1.54) is 0 Å². The van der Waals surface area contributed by atoms with Crippen LogP contribution in [0.15, 0.2) is 12.1 Å². The first-order valence-electron chi connectivity index (χ1n) is 5.78. The maximum absolute atomic E-state index is 9.05. The number of rotatable bonds is 6. The van der Waals surface area contributed by atoms with E-state index in [-0.39, 0.29) is 6.61 Å². The molecule has 0 atom stereocenters. The van der Waals surface area contributed by atoms with Crippen molar-refractivity contribution in [1.29, 1.82) is 0 Å². The van der Waals surface area contributed by atoms with E-state index in [0.717, 1.165) is 30.9 Å². The van der Waals surface area contributed by atoms with Crippen LogP contribution in [-0.2, 0) is 0 Å². The molecule has 4 nitrogen and oxygen atoms in total. The second-order valence-corrected chi connectivity index (χ2v) is 3.93. The topological polar surface area (TPSA) is 62.4 Å². The number of anilines is 2. The number of pyridine rings is 1. The number of nitrogens with zero attached hydrogens (tertiary/aromatic N) is 2. The number of aromatic nitrogens is 1. The maximum atomic E-state index is 9.05. The van der Waals surface area contributed by atoms with Crippen LogP contribution in [0.25, 0.3) is 0 Å². The zero-order chi connectivity index (χ0) is 12.0. The number of nitrogen functional groups attached to an aromatic ring is 1. The molecule has 0 saturated heterocycles. The summed E-state index contributed by atoms with van der Waals surface area (Å²) < 4.78 is 0. The monoisotopic (exact) mass is 223 g/mol. The van der Waals surface area contributed by atoms with Crippen LogP contribution in [0.3, 0.4) is 0 Å². The Morgan fingerprint density at radius 2 is 2.12 bits per heavy atom. The van der Waals surface area contributed by atoms with Crippen LogP contribution < -0.4 is 10.6 Å². The molecule has 0 aromatic carbocycles. The Bertz CT molecular complexity index is 328. The van der Waals surface area contributed by atoms with Crippen molar-refractivity contribution in [3.63, 3.8) is 0 Å². The Kier molecular flexibility index (Phi) is 5.05. The molecular formula is C12H21N3O. The van der Waals surface area contributed by atoms with E-state index in [1.54, 1.807) is 0 Å². The lowest BCUT2D eigenvalue weighted by Crippen LogP contribution is -2.29. The van der Waals surface area contributed by atoms with Gasteiger partial charge in [-0.2, -0.15) is 0 Å². The predicted octanol–water partition coefficient (Wildman–Crippen LogP) is 1.57. The van der Waals surface area contributed by atoms with Gasteiger partial charge in [-0.15, -0.1) is 0 Å². The zero-order valence-electron chi connectivity index (χ0n) is 10.1. The Morgan fingerprint density at radius 3 is 2.75 bits per heavy atom. The van der Waals surface area contributed by atoms with Crippen molar-refractivity contribution in [2.75, 3.05) is 30.3 Å². The van der Waals surface area contributed by atoms with Gasteiger partial charge in [-0.1, -0.05) is 13.3 Å². The van der Waals surface area contributed by atoms with Gasteiger partial charge in [0.15, 0.2) is 5.82 Å². The highest BCUT2D eigenvalue weighted by atomic mass is 16.3. The Labute approximate surface area is 97.1 Å². The molecule has 1 aromatic rings. The van der Waals surface area contributed by atoms with Crippen molar-refractivity contribution in [3.05, 3.63) is 17.8 Å². The Balaban J connectivity index is 2.85. The van der Waals surface area contributed by atoms with E-state index in [0.29, 0.717) is 12.2 Å². The predicted molar refractivity (Wildman–Crippen MR) is 67.6 cm³/mol. The summed E-state index contributed by atoms with van der Waals surface area (Å²) in [5.41, 5.74) is 7.53. The molecule has 0 fully saturated rings. The number of aryl methyl sites for hydroxylation is 1. The van der Waals surface area contributed by atoms with Crippen molar-refractivity contribution in [1.82, 2.24) is 4.98 Å². The zero-order valence-corrected chi connectivity index (χ0v) is 10.1. The highest BCUT2D eigenvalue weighted by molar-refractivity contribution is 5.62. The molecule has 0 aliphatic rings. The molecule has 0 saturated carbocycles. The summed E-state index contributed by atoms with van der Waals surface area (Å²) in [7, 11) is 0. The van der Waals surface area contributed by atoms with Gasteiger partial charge in [0.05, 0.1) is 12.3 Å². The fraction of sp³-hybridized carbons (Fsp3) is 0.583. The van der Waals surface area contributed by atoms with Crippen molar-refractivity contribution < 1.29 is 5.11 Å². The molecule has 1 heterocycles. The summed E-state index contributed by atoms with van der Waals surface area (Å²) in [6, 6.07) is 3.77. The fourth-order valence-corrected chi connectivity index (χ4v) is 1.60. The molecule has 0 amide bonds. The van der Waals surface area contributed by atoms with Crippen LogP contribution in [0.1, 0.15) is 25.5 Å². The minimum atomic E-state index is 0.124. The maximum Gasteiger partial charge on any atom is 0.152 e. The molecule has 3 N–H and O–H groups in total. The SMILES string of the molecule is CCCCN(CCO)c1nc(C)ccc1N. The third-order valence-electron chi connectivity index (χ3n) is 2.50. The summed E-state index contributed by atoms with van der Waals surface area (Å²) in [4.78, 5) is 6.48. The molecule has 16 heavy (non-hydrogen) atoms. The summed E-state index contributed by atoms with van der Waals surface area (Å²) in [5.74, 6) is 0.794. The third kappa shape index (κ3) is 3.38. The smallest absolute Gasteiger partial charge is 0.152 e. The first-order chi connectivity index (χ1) is 7.69.